The van der Waals surface area contributed by atoms with Crippen LogP contribution in [-0.4, -0.2) is 49.7 Å². The second-order valence-corrected chi connectivity index (χ2v) is 9.83. The van der Waals surface area contributed by atoms with Crippen LogP contribution >= 0.6 is 23.1 Å². The van der Waals surface area contributed by atoms with Gasteiger partial charge in [0.05, 0.1) is 19.1 Å². The molecule has 0 aliphatic rings. The van der Waals surface area contributed by atoms with Gasteiger partial charge in [0.1, 0.15) is 11.8 Å². The third-order valence-electron chi connectivity index (χ3n) is 3.46. The summed E-state index contributed by atoms with van der Waals surface area (Å²) in [7, 11) is -2.22. The Morgan fingerprint density at radius 2 is 2.15 bits per heavy atom. The van der Waals surface area contributed by atoms with Crippen LogP contribution in [0.3, 0.4) is 0 Å². The van der Waals surface area contributed by atoms with Gasteiger partial charge in [-0.3, -0.25) is 14.4 Å². The lowest BCUT2D eigenvalue weighted by molar-refractivity contribution is -0.116. The number of hydrogen-bond donors (Lipinski definition) is 1. The van der Waals surface area contributed by atoms with Crippen molar-refractivity contribution in [3.63, 3.8) is 0 Å². The first-order valence-electron chi connectivity index (χ1n) is 8.17. The highest BCUT2D eigenvalue weighted by Gasteiger charge is 2.30. The van der Waals surface area contributed by atoms with Crippen molar-refractivity contribution in [2.24, 2.45) is 0 Å². The number of thioether (sulfide) groups is 1. The number of sulfonamides is 1. The summed E-state index contributed by atoms with van der Waals surface area (Å²) in [4.78, 5) is 12.6. The molecule has 0 aliphatic heterocycles. The minimum Gasteiger partial charge on any atom is -0.497 e. The summed E-state index contributed by atoms with van der Waals surface area (Å²) in [6.45, 7) is 3.58. The van der Waals surface area contributed by atoms with Gasteiger partial charge < -0.3 is 4.74 Å². The summed E-state index contributed by atoms with van der Waals surface area (Å²) in [5.41, 5.74) is 0.343. The van der Waals surface area contributed by atoms with E-state index in [4.69, 9.17) is 4.74 Å². The SMILES string of the molecule is CCCSc1nnc(NC(=O)C(C)N(c2cccc(OC)c2)S(C)(=O)=O)s1. The number of methoxy groups -OCH3 is 1. The second-order valence-electron chi connectivity index (χ2n) is 5.65. The number of carbonyl (C=O) groups excluding carboxylic acids is 1. The van der Waals surface area contributed by atoms with Gasteiger partial charge in [0.15, 0.2) is 4.34 Å². The van der Waals surface area contributed by atoms with Crippen LogP contribution in [-0.2, 0) is 14.8 Å². The summed E-state index contributed by atoms with van der Waals surface area (Å²) < 4.78 is 31.6. The lowest BCUT2D eigenvalue weighted by Gasteiger charge is -2.28. The van der Waals surface area contributed by atoms with Crippen LogP contribution in [0.2, 0.25) is 0 Å². The molecule has 8 nitrogen and oxygen atoms in total. The number of nitrogens with zero attached hydrogens (tertiary/aromatic N) is 3. The Morgan fingerprint density at radius 3 is 2.78 bits per heavy atom. The maximum Gasteiger partial charge on any atom is 0.249 e. The smallest absolute Gasteiger partial charge is 0.249 e. The van der Waals surface area contributed by atoms with Crippen molar-refractivity contribution in [2.75, 3.05) is 28.7 Å². The van der Waals surface area contributed by atoms with Crippen molar-refractivity contribution in [3.05, 3.63) is 24.3 Å². The summed E-state index contributed by atoms with van der Waals surface area (Å²) in [5, 5.41) is 10.9. The third-order valence-corrected chi connectivity index (χ3v) is 6.88. The van der Waals surface area contributed by atoms with E-state index in [-0.39, 0.29) is 0 Å². The maximum atomic E-state index is 12.6. The Morgan fingerprint density at radius 1 is 1.41 bits per heavy atom. The third kappa shape index (κ3) is 5.81. The largest absolute Gasteiger partial charge is 0.497 e. The van der Waals surface area contributed by atoms with Crippen molar-refractivity contribution in [1.82, 2.24) is 10.2 Å². The van der Waals surface area contributed by atoms with Crippen LogP contribution in [0.5, 0.6) is 5.75 Å². The minimum atomic E-state index is -3.71. The number of benzene rings is 1. The average Bonchev–Trinajstić information content (AvgIpc) is 3.06. The summed E-state index contributed by atoms with van der Waals surface area (Å²) in [5.74, 6) is 0.915. The number of hydrogen-bond acceptors (Lipinski definition) is 8. The molecule has 2 aromatic rings. The molecule has 0 aliphatic carbocycles. The minimum absolute atomic E-state index is 0.338. The van der Waals surface area contributed by atoms with Crippen LogP contribution in [0, 0.1) is 0 Å². The van der Waals surface area contributed by atoms with Gasteiger partial charge in [-0.2, -0.15) is 0 Å². The van der Waals surface area contributed by atoms with E-state index in [1.54, 1.807) is 36.0 Å². The summed E-state index contributed by atoms with van der Waals surface area (Å²) >= 11 is 2.82. The highest BCUT2D eigenvalue weighted by molar-refractivity contribution is 8.01. The van der Waals surface area contributed by atoms with Gasteiger partial charge >= 0.3 is 0 Å². The van der Waals surface area contributed by atoms with E-state index in [0.717, 1.165) is 27.1 Å². The normalized spacial score (nSPS) is 12.4. The van der Waals surface area contributed by atoms with Gasteiger partial charge in [-0.25, -0.2) is 8.42 Å². The fourth-order valence-corrected chi connectivity index (χ4v) is 5.12. The lowest BCUT2D eigenvalue weighted by Crippen LogP contribution is -2.45. The van der Waals surface area contributed by atoms with Crippen LogP contribution in [0.25, 0.3) is 0 Å². The maximum absolute atomic E-state index is 12.6. The molecular formula is C16H22N4O4S3. The van der Waals surface area contributed by atoms with Crippen molar-refractivity contribution in [3.8, 4) is 5.75 Å². The molecule has 0 spiro atoms. The highest BCUT2D eigenvalue weighted by Crippen LogP contribution is 2.28. The molecule has 1 aromatic heterocycles. The zero-order valence-corrected chi connectivity index (χ0v) is 17.9. The van der Waals surface area contributed by atoms with Gasteiger partial charge in [-0.1, -0.05) is 36.1 Å². The topological polar surface area (TPSA) is 101 Å². The Bertz CT molecular complexity index is 885. The molecule has 0 radical (unpaired) electrons. The van der Waals surface area contributed by atoms with E-state index >= 15 is 0 Å². The van der Waals surface area contributed by atoms with Crippen LogP contribution in [0.4, 0.5) is 10.8 Å². The fourth-order valence-electron chi connectivity index (χ4n) is 2.27. The molecule has 1 amide bonds. The fraction of sp³-hybridized carbons (Fsp3) is 0.438. The Hall–Kier alpha value is -1.85. The molecule has 11 heteroatoms. The number of amides is 1. The first kappa shape index (κ1) is 21.5. The molecule has 1 atom stereocenters. The monoisotopic (exact) mass is 430 g/mol. The first-order chi connectivity index (χ1) is 12.8. The van der Waals surface area contributed by atoms with E-state index in [9.17, 15) is 13.2 Å². The zero-order valence-electron chi connectivity index (χ0n) is 15.5. The predicted molar refractivity (Wildman–Crippen MR) is 109 cm³/mol. The van der Waals surface area contributed by atoms with Crippen LogP contribution in [0.15, 0.2) is 28.6 Å². The first-order valence-corrected chi connectivity index (χ1v) is 11.8. The predicted octanol–water partition coefficient (Wildman–Crippen LogP) is 2.84. The highest BCUT2D eigenvalue weighted by atomic mass is 32.2. The number of carbonyl (C=O) groups is 1. The van der Waals surface area contributed by atoms with E-state index in [1.807, 2.05) is 0 Å². The number of ether oxygens (including phenoxy) is 1. The average molecular weight is 431 g/mol. The second kappa shape index (κ2) is 9.38. The standard InChI is InChI=1S/C16H22N4O4S3/c1-5-9-25-16-19-18-15(26-16)17-14(21)11(2)20(27(4,22)23)12-7-6-8-13(10-12)24-3/h6-8,10-11H,5,9H2,1-4H3,(H,17,18,21). The summed E-state index contributed by atoms with van der Waals surface area (Å²) in [6, 6.07) is 5.56. The number of anilines is 2. The van der Waals surface area contributed by atoms with Crippen molar-refractivity contribution >= 4 is 49.8 Å². The number of aromatic nitrogens is 2. The van der Waals surface area contributed by atoms with E-state index in [2.05, 4.69) is 22.4 Å². The molecule has 0 fully saturated rings. The zero-order chi connectivity index (χ0) is 20.0. The Kier molecular flexibility index (Phi) is 7.45. The molecule has 1 N–H and O–H groups in total. The molecule has 1 unspecified atom stereocenters. The van der Waals surface area contributed by atoms with E-state index in [0.29, 0.717) is 16.6 Å². The molecule has 0 saturated carbocycles. The van der Waals surface area contributed by atoms with Gasteiger partial charge in [0, 0.05) is 11.8 Å². The molecule has 0 bridgehead atoms. The van der Waals surface area contributed by atoms with Gasteiger partial charge in [0.25, 0.3) is 0 Å². The molecule has 1 heterocycles. The van der Waals surface area contributed by atoms with Crippen molar-refractivity contribution in [2.45, 2.75) is 30.6 Å². The molecule has 148 valence electrons. The molecule has 27 heavy (non-hydrogen) atoms. The molecule has 0 saturated heterocycles. The van der Waals surface area contributed by atoms with E-state index < -0.39 is 22.0 Å². The van der Waals surface area contributed by atoms with Crippen molar-refractivity contribution < 1.29 is 17.9 Å². The van der Waals surface area contributed by atoms with Gasteiger partial charge in [0.2, 0.25) is 21.1 Å². The van der Waals surface area contributed by atoms with Crippen molar-refractivity contribution in [1.29, 1.82) is 0 Å². The number of nitrogens with one attached hydrogen (secondary N) is 1. The molecule has 2 rings (SSSR count). The van der Waals surface area contributed by atoms with Crippen LogP contribution in [0.1, 0.15) is 20.3 Å². The Labute approximate surface area is 167 Å². The lowest BCUT2D eigenvalue weighted by atomic mass is 10.2. The van der Waals surface area contributed by atoms with Crippen LogP contribution < -0.4 is 14.4 Å². The summed E-state index contributed by atoms with van der Waals surface area (Å²) in [6.07, 6.45) is 2.06. The van der Waals surface area contributed by atoms with Gasteiger partial charge in [-0.05, 0) is 25.5 Å². The Balaban J connectivity index is 2.20. The molecular weight excluding hydrogens is 408 g/mol. The number of rotatable bonds is 9. The van der Waals surface area contributed by atoms with E-state index in [1.165, 1.54) is 25.4 Å². The van der Waals surface area contributed by atoms with Gasteiger partial charge in [-0.15, -0.1) is 10.2 Å². The molecule has 1 aromatic carbocycles. The quantitative estimate of drug-likeness (QED) is 0.482.